The van der Waals surface area contributed by atoms with Crippen molar-refractivity contribution >= 4 is 39.9 Å². The van der Waals surface area contributed by atoms with Crippen LogP contribution in [0, 0.1) is 5.82 Å². The van der Waals surface area contributed by atoms with Crippen molar-refractivity contribution in [1.82, 2.24) is 14.9 Å². The second-order valence-electron chi connectivity index (χ2n) is 8.17. The van der Waals surface area contributed by atoms with Crippen molar-refractivity contribution in [3.05, 3.63) is 47.5 Å². The number of amides is 1. The molecule has 9 heteroatoms. The van der Waals surface area contributed by atoms with Crippen LogP contribution >= 0.6 is 11.6 Å². The number of hydrogen-bond acceptors (Lipinski definition) is 6. The number of halogens is 2. The van der Waals surface area contributed by atoms with Gasteiger partial charge in [-0.3, -0.25) is 4.79 Å². The molecule has 0 unspecified atom stereocenters. The highest BCUT2D eigenvalue weighted by atomic mass is 35.5. The lowest BCUT2D eigenvalue weighted by atomic mass is 9.92. The topological polar surface area (TPSA) is 76.6 Å². The molecule has 1 heterocycles. The van der Waals surface area contributed by atoms with Crippen molar-refractivity contribution in [1.29, 1.82) is 0 Å². The molecule has 2 aromatic carbocycles. The number of methoxy groups -OCH3 is 1. The van der Waals surface area contributed by atoms with Crippen molar-refractivity contribution in [3.63, 3.8) is 0 Å². The van der Waals surface area contributed by atoms with E-state index < -0.39 is 5.82 Å². The third-order valence-electron chi connectivity index (χ3n) is 6.08. The first-order valence-electron chi connectivity index (χ1n) is 10.8. The van der Waals surface area contributed by atoms with Gasteiger partial charge in [0.15, 0.2) is 11.5 Å². The van der Waals surface area contributed by atoms with E-state index in [2.05, 4.69) is 15.3 Å². The molecule has 4 rings (SSSR count). The molecule has 7 nitrogen and oxygen atoms in total. The zero-order chi connectivity index (χ0) is 23.5. The average molecular weight is 473 g/mol. The highest BCUT2D eigenvalue weighted by Crippen LogP contribution is 2.37. The minimum absolute atomic E-state index is 0.0184. The quantitative estimate of drug-likeness (QED) is 0.521. The number of benzene rings is 2. The van der Waals surface area contributed by atoms with E-state index in [0.29, 0.717) is 28.5 Å². The zero-order valence-corrected chi connectivity index (χ0v) is 19.5. The van der Waals surface area contributed by atoms with Crippen LogP contribution in [0.5, 0.6) is 11.5 Å². The smallest absolute Gasteiger partial charge is 0.219 e. The Morgan fingerprint density at radius 1 is 1.15 bits per heavy atom. The zero-order valence-electron chi connectivity index (χ0n) is 18.8. The van der Waals surface area contributed by atoms with Crippen LogP contribution in [0.4, 0.5) is 15.9 Å². The number of aromatic nitrogens is 2. The molecule has 1 amide bonds. The van der Waals surface area contributed by atoms with Crippen molar-refractivity contribution in [3.8, 4) is 11.5 Å². The highest BCUT2D eigenvalue weighted by Gasteiger charge is 2.27. The molecule has 33 heavy (non-hydrogen) atoms. The number of hydrogen-bond donors (Lipinski definition) is 1. The minimum atomic E-state index is -0.487. The van der Waals surface area contributed by atoms with Crippen LogP contribution < -0.4 is 14.8 Å². The number of anilines is 2. The number of fused-ring (bicyclic) bond motifs is 1. The van der Waals surface area contributed by atoms with Crippen LogP contribution in [0.2, 0.25) is 5.02 Å². The van der Waals surface area contributed by atoms with E-state index in [9.17, 15) is 9.18 Å². The molecule has 174 valence electrons. The fourth-order valence-electron chi connectivity index (χ4n) is 4.11. The monoisotopic (exact) mass is 472 g/mol. The summed E-state index contributed by atoms with van der Waals surface area (Å²) >= 11 is 5.91. The van der Waals surface area contributed by atoms with Crippen LogP contribution in [0.25, 0.3) is 10.9 Å². The molecule has 0 aliphatic heterocycles. The maximum Gasteiger partial charge on any atom is 0.219 e. The lowest BCUT2D eigenvalue weighted by Crippen LogP contribution is -2.40. The van der Waals surface area contributed by atoms with Gasteiger partial charge in [-0.2, -0.15) is 0 Å². The van der Waals surface area contributed by atoms with E-state index in [1.54, 1.807) is 20.1 Å². The third kappa shape index (κ3) is 5.11. The predicted molar refractivity (Wildman–Crippen MR) is 126 cm³/mol. The summed E-state index contributed by atoms with van der Waals surface area (Å²) in [4.78, 5) is 22.2. The summed E-state index contributed by atoms with van der Waals surface area (Å²) in [6, 6.07) is 8.30. The molecule has 0 saturated heterocycles. The highest BCUT2D eigenvalue weighted by molar-refractivity contribution is 6.31. The average Bonchev–Trinajstić information content (AvgIpc) is 2.81. The molecule has 1 saturated carbocycles. The van der Waals surface area contributed by atoms with E-state index in [1.165, 1.54) is 18.5 Å². The third-order valence-corrected chi connectivity index (χ3v) is 6.37. The molecule has 1 N–H and O–H groups in total. The molecule has 1 aromatic heterocycles. The summed E-state index contributed by atoms with van der Waals surface area (Å²) in [6.07, 6.45) is 4.92. The molecule has 0 spiro atoms. The molecule has 3 aromatic rings. The van der Waals surface area contributed by atoms with Crippen LogP contribution in [0.15, 0.2) is 36.7 Å². The van der Waals surface area contributed by atoms with Crippen molar-refractivity contribution in [2.24, 2.45) is 0 Å². The van der Waals surface area contributed by atoms with Gasteiger partial charge < -0.3 is 19.7 Å². The van der Waals surface area contributed by atoms with E-state index in [1.807, 2.05) is 24.1 Å². The van der Waals surface area contributed by atoms with Crippen molar-refractivity contribution in [2.75, 3.05) is 19.5 Å². The summed E-state index contributed by atoms with van der Waals surface area (Å²) in [7, 11) is 3.44. The maximum absolute atomic E-state index is 13.5. The predicted octanol–water partition coefficient (Wildman–Crippen LogP) is 5.34. The SMILES string of the molecule is COc1cc2ncnc(Nc3ccc(F)c(Cl)c3)c2cc1O[C@H]1CC[C@@H](N(C)C(C)=O)CC1. The van der Waals surface area contributed by atoms with Gasteiger partial charge in [-0.1, -0.05) is 11.6 Å². The van der Waals surface area contributed by atoms with Gasteiger partial charge in [-0.15, -0.1) is 0 Å². The second kappa shape index (κ2) is 9.79. The number of rotatable bonds is 6. The maximum atomic E-state index is 13.5. The Kier molecular flexibility index (Phi) is 6.83. The van der Waals surface area contributed by atoms with Gasteiger partial charge in [-0.25, -0.2) is 14.4 Å². The summed E-state index contributed by atoms with van der Waals surface area (Å²) in [5, 5.41) is 3.93. The van der Waals surface area contributed by atoms with Crippen LogP contribution in [-0.4, -0.2) is 47.1 Å². The number of carbonyl (C=O) groups excluding carboxylic acids is 1. The van der Waals surface area contributed by atoms with Gasteiger partial charge in [0.25, 0.3) is 0 Å². The molecular weight excluding hydrogens is 447 g/mol. The first-order chi connectivity index (χ1) is 15.9. The van der Waals surface area contributed by atoms with Crippen LogP contribution in [0.3, 0.4) is 0 Å². The lowest BCUT2D eigenvalue weighted by Gasteiger charge is -2.34. The van der Waals surface area contributed by atoms with Gasteiger partial charge >= 0.3 is 0 Å². The molecule has 1 aliphatic carbocycles. The van der Waals surface area contributed by atoms with Gasteiger partial charge in [-0.05, 0) is 49.9 Å². The Balaban J connectivity index is 1.57. The second-order valence-corrected chi connectivity index (χ2v) is 8.58. The lowest BCUT2D eigenvalue weighted by molar-refractivity contribution is -0.130. The number of ether oxygens (including phenoxy) is 2. The number of carbonyl (C=O) groups is 1. The Morgan fingerprint density at radius 3 is 2.58 bits per heavy atom. The van der Waals surface area contributed by atoms with Gasteiger partial charge in [0, 0.05) is 37.2 Å². The van der Waals surface area contributed by atoms with Crippen molar-refractivity contribution < 1.29 is 18.7 Å². The van der Waals surface area contributed by atoms with Gasteiger partial charge in [0.2, 0.25) is 5.91 Å². The summed E-state index contributed by atoms with van der Waals surface area (Å²) in [6.45, 7) is 1.59. The largest absolute Gasteiger partial charge is 0.493 e. The Morgan fingerprint density at radius 2 is 1.91 bits per heavy atom. The molecular formula is C24H26ClFN4O3. The molecule has 0 bridgehead atoms. The van der Waals surface area contributed by atoms with Gasteiger partial charge in [0.05, 0.1) is 23.8 Å². The summed E-state index contributed by atoms with van der Waals surface area (Å²) in [5.74, 6) is 1.32. The Hall–Kier alpha value is -3.13. The molecule has 1 aliphatic rings. The molecule has 0 atom stereocenters. The number of nitrogens with one attached hydrogen (secondary N) is 1. The fraction of sp³-hybridized carbons (Fsp3) is 0.375. The van der Waals surface area contributed by atoms with E-state index in [4.69, 9.17) is 21.1 Å². The van der Waals surface area contributed by atoms with Crippen molar-refractivity contribution in [2.45, 2.75) is 44.8 Å². The molecule has 0 radical (unpaired) electrons. The van der Waals surface area contributed by atoms with Gasteiger partial charge in [0.1, 0.15) is 18.0 Å². The number of nitrogens with zero attached hydrogens (tertiary/aromatic N) is 3. The fourth-order valence-corrected chi connectivity index (χ4v) is 4.29. The first kappa shape index (κ1) is 23.0. The van der Waals surface area contributed by atoms with Crippen LogP contribution in [-0.2, 0) is 4.79 Å². The first-order valence-corrected chi connectivity index (χ1v) is 11.2. The van der Waals surface area contributed by atoms with E-state index in [0.717, 1.165) is 31.1 Å². The normalized spacial score (nSPS) is 18.1. The van der Waals surface area contributed by atoms with E-state index in [-0.39, 0.29) is 23.1 Å². The Bertz CT molecular complexity index is 1170. The summed E-state index contributed by atoms with van der Waals surface area (Å²) in [5.41, 5.74) is 1.28. The standard InChI is InChI=1S/C24H26ClFN4O3/c1-14(31)30(2)16-5-7-17(8-6-16)33-23-11-18-21(12-22(23)32-3)27-13-28-24(18)29-15-4-9-20(26)19(25)10-15/h4,9-13,16-17H,5-8H2,1-3H3,(H,27,28,29)/t16-,17+. The Labute approximate surface area is 196 Å². The van der Waals surface area contributed by atoms with E-state index >= 15 is 0 Å². The minimum Gasteiger partial charge on any atom is -0.493 e. The summed E-state index contributed by atoms with van der Waals surface area (Å²) < 4.78 is 25.4. The molecule has 1 fully saturated rings. The van der Waals surface area contributed by atoms with Crippen LogP contribution in [0.1, 0.15) is 32.6 Å².